The molecule has 1 aliphatic rings. The molecule has 3 rings (SSSR count). The summed E-state index contributed by atoms with van der Waals surface area (Å²) in [4.78, 5) is 4.25. The lowest BCUT2D eigenvalue weighted by Gasteiger charge is -2.12. The summed E-state index contributed by atoms with van der Waals surface area (Å²) < 4.78 is 11.2. The molecule has 0 radical (unpaired) electrons. The van der Waals surface area contributed by atoms with Crippen molar-refractivity contribution in [3.63, 3.8) is 0 Å². The Kier molecular flexibility index (Phi) is 9.41. The van der Waals surface area contributed by atoms with E-state index < -0.39 is 0 Å². The molecule has 0 unspecified atom stereocenters. The van der Waals surface area contributed by atoms with E-state index in [1.165, 1.54) is 16.7 Å². The van der Waals surface area contributed by atoms with Gasteiger partial charge in [-0.2, -0.15) is 0 Å². The summed E-state index contributed by atoms with van der Waals surface area (Å²) in [5, 5.41) is 6.62. The molecule has 1 aliphatic heterocycles. The van der Waals surface area contributed by atoms with Crippen LogP contribution in [0, 0.1) is 0 Å². The van der Waals surface area contributed by atoms with E-state index in [9.17, 15) is 0 Å². The van der Waals surface area contributed by atoms with Crippen molar-refractivity contribution in [3.8, 4) is 5.75 Å². The second kappa shape index (κ2) is 11.8. The minimum atomic E-state index is 0. The summed E-state index contributed by atoms with van der Waals surface area (Å²) in [6, 6.07) is 16.7. The summed E-state index contributed by atoms with van der Waals surface area (Å²) in [7, 11) is 1.78. The lowest BCUT2D eigenvalue weighted by molar-refractivity contribution is 0.125. The van der Waals surface area contributed by atoms with Crippen LogP contribution in [0.4, 0.5) is 0 Å². The summed E-state index contributed by atoms with van der Waals surface area (Å²) in [5.41, 5.74) is 3.83. The summed E-state index contributed by atoms with van der Waals surface area (Å²) in [6.45, 7) is 3.64. The van der Waals surface area contributed by atoms with Crippen LogP contribution in [-0.2, 0) is 24.2 Å². The average Bonchev–Trinajstić information content (AvgIpc) is 3.15. The minimum absolute atomic E-state index is 0. The topological polar surface area (TPSA) is 54.9 Å². The number of aliphatic imine (C=N–C) groups is 1. The highest BCUT2D eigenvalue weighted by Crippen LogP contribution is 2.25. The number of guanidine groups is 1. The number of nitrogens with one attached hydrogen (secondary N) is 2. The zero-order chi connectivity index (χ0) is 18.0. The molecule has 146 valence electrons. The Labute approximate surface area is 178 Å². The maximum Gasteiger partial charge on any atom is 0.191 e. The summed E-state index contributed by atoms with van der Waals surface area (Å²) >= 11 is 0. The third kappa shape index (κ3) is 7.03. The minimum Gasteiger partial charge on any atom is -0.493 e. The molecule has 2 N–H and O–H groups in total. The molecule has 5 nitrogen and oxygen atoms in total. The van der Waals surface area contributed by atoms with Gasteiger partial charge in [-0.1, -0.05) is 42.5 Å². The van der Waals surface area contributed by atoms with Crippen molar-refractivity contribution in [1.29, 1.82) is 0 Å². The van der Waals surface area contributed by atoms with Crippen molar-refractivity contribution in [2.45, 2.75) is 19.4 Å². The van der Waals surface area contributed by atoms with E-state index >= 15 is 0 Å². The first-order chi connectivity index (χ1) is 12.8. The second-order valence-electron chi connectivity index (χ2n) is 6.25. The zero-order valence-corrected chi connectivity index (χ0v) is 18.1. The highest BCUT2D eigenvalue weighted by molar-refractivity contribution is 14.0. The van der Waals surface area contributed by atoms with Gasteiger partial charge in [-0.3, -0.25) is 4.99 Å². The number of hydrogen-bond acceptors (Lipinski definition) is 3. The van der Waals surface area contributed by atoms with Gasteiger partial charge < -0.3 is 20.1 Å². The van der Waals surface area contributed by atoms with Gasteiger partial charge in [0.2, 0.25) is 0 Å². The number of hydrogen-bond donors (Lipinski definition) is 2. The third-order valence-electron chi connectivity index (χ3n) is 4.33. The number of nitrogens with zero attached hydrogens (tertiary/aromatic N) is 1. The fourth-order valence-electron chi connectivity index (χ4n) is 2.95. The smallest absolute Gasteiger partial charge is 0.191 e. The molecule has 27 heavy (non-hydrogen) atoms. The van der Waals surface area contributed by atoms with Gasteiger partial charge in [-0.15, -0.1) is 24.0 Å². The first-order valence-corrected chi connectivity index (χ1v) is 9.16. The first-order valence-electron chi connectivity index (χ1n) is 9.16. The van der Waals surface area contributed by atoms with E-state index in [0.717, 1.165) is 44.2 Å². The zero-order valence-electron chi connectivity index (χ0n) is 15.7. The first kappa shape index (κ1) is 21.5. The predicted molar refractivity (Wildman–Crippen MR) is 120 cm³/mol. The lowest BCUT2D eigenvalue weighted by atomic mass is 10.1. The second-order valence-corrected chi connectivity index (χ2v) is 6.25. The molecule has 2 aromatic rings. The van der Waals surface area contributed by atoms with Gasteiger partial charge in [0.1, 0.15) is 5.75 Å². The molecule has 0 aromatic heterocycles. The maximum absolute atomic E-state index is 5.67. The molecular weight excluding hydrogens is 453 g/mol. The van der Waals surface area contributed by atoms with Crippen LogP contribution in [0.1, 0.15) is 16.7 Å². The summed E-state index contributed by atoms with van der Waals surface area (Å²) in [5.74, 6) is 1.84. The van der Waals surface area contributed by atoms with E-state index in [2.05, 4.69) is 46.0 Å². The van der Waals surface area contributed by atoms with Crippen LogP contribution in [0.3, 0.4) is 0 Å². The molecule has 2 aromatic carbocycles. The molecule has 0 atom stereocenters. The molecule has 0 fully saturated rings. The van der Waals surface area contributed by atoms with Gasteiger partial charge in [0.15, 0.2) is 5.96 Å². The monoisotopic (exact) mass is 481 g/mol. The molecule has 6 heteroatoms. The fraction of sp³-hybridized carbons (Fsp3) is 0.381. The van der Waals surface area contributed by atoms with Crippen molar-refractivity contribution in [3.05, 3.63) is 65.2 Å². The van der Waals surface area contributed by atoms with Crippen molar-refractivity contribution in [2.75, 3.05) is 33.4 Å². The van der Waals surface area contributed by atoms with Crippen LogP contribution in [0.5, 0.6) is 5.75 Å². The molecule has 0 amide bonds. The molecule has 0 spiro atoms. The highest BCUT2D eigenvalue weighted by Gasteiger charge is 2.11. The van der Waals surface area contributed by atoms with E-state index in [-0.39, 0.29) is 24.0 Å². The molecular formula is C21H28IN3O2. The fourth-order valence-corrected chi connectivity index (χ4v) is 2.95. The van der Waals surface area contributed by atoms with Crippen LogP contribution < -0.4 is 15.4 Å². The SMILES string of the molecule is CN=C(NCCOCc1ccccc1)NCCc1ccc2c(c1)CCO2.I. The Hall–Kier alpha value is -1.80. The van der Waals surface area contributed by atoms with Crippen LogP contribution in [0.2, 0.25) is 0 Å². The van der Waals surface area contributed by atoms with Gasteiger partial charge in [0.05, 0.1) is 19.8 Å². The van der Waals surface area contributed by atoms with Crippen molar-refractivity contribution in [1.82, 2.24) is 10.6 Å². The molecule has 0 saturated heterocycles. The number of halogens is 1. The number of ether oxygens (including phenoxy) is 2. The number of fused-ring (bicyclic) bond motifs is 1. The quantitative estimate of drug-likeness (QED) is 0.263. The predicted octanol–water partition coefficient (Wildman–Crippen LogP) is 3.16. The van der Waals surface area contributed by atoms with Crippen LogP contribution in [0.15, 0.2) is 53.5 Å². The van der Waals surface area contributed by atoms with E-state index in [1.807, 2.05) is 18.2 Å². The van der Waals surface area contributed by atoms with Gasteiger partial charge in [-0.25, -0.2) is 0 Å². The van der Waals surface area contributed by atoms with E-state index in [4.69, 9.17) is 9.47 Å². The van der Waals surface area contributed by atoms with Gasteiger partial charge in [0, 0.05) is 26.6 Å². The Morgan fingerprint density at radius 2 is 1.89 bits per heavy atom. The maximum atomic E-state index is 5.67. The Balaban J connectivity index is 0.00000261. The van der Waals surface area contributed by atoms with E-state index in [1.54, 1.807) is 7.05 Å². The molecule has 0 aliphatic carbocycles. The van der Waals surface area contributed by atoms with Crippen LogP contribution >= 0.6 is 24.0 Å². The van der Waals surface area contributed by atoms with Gasteiger partial charge in [-0.05, 0) is 29.2 Å². The van der Waals surface area contributed by atoms with E-state index in [0.29, 0.717) is 13.2 Å². The highest BCUT2D eigenvalue weighted by atomic mass is 127. The standard InChI is InChI=1S/C21H27N3O2.HI/c1-22-21(24-12-14-25-16-18-5-3-2-4-6-18)23-11-9-17-7-8-20-19(15-17)10-13-26-20;/h2-8,15H,9-14,16H2,1H3,(H2,22,23,24);1H. The van der Waals surface area contributed by atoms with Gasteiger partial charge in [0.25, 0.3) is 0 Å². The summed E-state index contributed by atoms with van der Waals surface area (Å²) in [6.07, 6.45) is 1.97. The normalized spacial score (nSPS) is 12.7. The van der Waals surface area contributed by atoms with Gasteiger partial charge >= 0.3 is 0 Å². The Morgan fingerprint density at radius 3 is 2.70 bits per heavy atom. The Bertz CT molecular complexity index is 723. The van der Waals surface area contributed by atoms with Crippen molar-refractivity contribution in [2.24, 2.45) is 4.99 Å². The Morgan fingerprint density at radius 1 is 1.07 bits per heavy atom. The van der Waals surface area contributed by atoms with Crippen LogP contribution in [0.25, 0.3) is 0 Å². The molecule has 0 bridgehead atoms. The molecule has 0 saturated carbocycles. The van der Waals surface area contributed by atoms with Crippen molar-refractivity contribution >= 4 is 29.9 Å². The number of benzene rings is 2. The van der Waals surface area contributed by atoms with Crippen LogP contribution in [-0.4, -0.2) is 39.3 Å². The lowest BCUT2D eigenvalue weighted by Crippen LogP contribution is -2.39. The molecule has 1 heterocycles. The third-order valence-corrected chi connectivity index (χ3v) is 4.33. The average molecular weight is 481 g/mol. The number of rotatable bonds is 8. The largest absolute Gasteiger partial charge is 0.493 e. The van der Waals surface area contributed by atoms with Crippen molar-refractivity contribution < 1.29 is 9.47 Å².